The summed E-state index contributed by atoms with van der Waals surface area (Å²) in [6.45, 7) is 0. The summed E-state index contributed by atoms with van der Waals surface area (Å²) >= 11 is 0. The van der Waals surface area contributed by atoms with Crippen molar-refractivity contribution in [2.75, 3.05) is 0 Å². The Balaban J connectivity index is -0.0000000257. The molecule has 0 amide bonds. The Morgan fingerprint density at radius 2 is 0.389 bits per heavy atom. The molecule has 0 aliphatic rings. The molecule has 16 nitrogen and oxygen atoms in total. The van der Waals surface area contributed by atoms with Crippen molar-refractivity contribution in [2.24, 2.45) is 0 Å². The monoisotopic (exact) mass is 376 g/mol. The number of nitrogens with zero attached hydrogens (tertiary/aromatic N) is 4. The van der Waals surface area contributed by atoms with Gasteiger partial charge in [0.15, 0.2) is 0 Å². The minimum absolute atomic E-state index is 0. The van der Waals surface area contributed by atoms with E-state index in [1.54, 1.807) is 0 Å². The van der Waals surface area contributed by atoms with E-state index in [0.717, 1.165) is 0 Å². The molecule has 0 saturated heterocycles. The first-order chi connectivity index (χ1) is 6.93. The summed E-state index contributed by atoms with van der Waals surface area (Å²) in [4.78, 5) is 33.0. The van der Waals surface area contributed by atoms with E-state index in [-0.39, 0.29) is 39.0 Å². The van der Waals surface area contributed by atoms with E-state index in [4.69, 9.17) is 61.3 Å². The molecule has 0 atom stereocenters. The van der Waals surface area contributed by atoms with Gasteiger partial charge >= 0.3 is 39.0 Å². The van der Waals surface area contributed by atoms with Crippen LogP contribution in [-0.4, -0.2) is 20.3 Å². The van der Waals surface area contributed by atoms with Gasteiger partial charge in [-0.2, -0.15) is 0 Å². The molecular formula is N4O12Zn2. The van der Waals surface area contributed by atoms with Crippen molar-refractivity contribution in [3.8, 4) is 0 Å². The van der Waals surface area contributed by atoms with Crippen LogP contribution < -0.4 is 0 Å². The van der Waals surface area contributed by atoms with Crippen LogP contribution in [0.1, 0.15) is 0 Å². The molecule has 0 saturated carbocycles. The van der Waals surface area contributed by atoms with Gasteiger partial charge in [-0.25, -0.2) is 0 Å². The second-order valence-electron chi connectivity index (χ2n) is 0.894. The smallest absolute Gasteiger partial charge is 0.356 e. The summed E-state index contributed by atoms with van der Waals surface area (Å²) in [6, 6.07) is 0. The Morgan fingerprint density at radius 3 is 0.389 bits per heavy atom. The third-order valence-corrected chi connectivity index (χ3v) is 0. The predicted octanol–water partition coefficient (Wildman–Crippen LogP) is -0.961. The standard InChI is InChI=1S/4NO3.2Zn/c4*2-1(3)4;;/q4*-1;2*+2. The first kappa shape index (κ1) is 36.0. The van der Waals surface area contributed by atoms with Crippen LogP contribution in [0.15, 0.2) is 0 Å². The normalized spacial score (nSPS) is 5.33. The fourth-order valence-electron chi connectivity index (χ4n) is 0. The van der Waals surface area contributed by atoms with E-state index in [9.17, 15) is 0 Å². The molecule has 18 heavy (non-hydrogen) atoms. The van der Waals surface area contributed by atoms with Crippen LogP contribution >= 0.6 is 0 Å². The van der Waals surface area contributed by atoms with Gasteiger partial charge in [0.1, 0.15) is 0 Å². The fourth-order valence-corrected chi connectivity index (χ4v) is 0. The molecule has 0 bridgehead atoms. The first-order valence-electron chi connectivity index (χ1n) is 2.19. The topological polar surface area (TPSA) is 265 Å². The molecule has 0 fully saturated rings. The zero-order valence-corrected chi connectivity index (χ0v) is 14.0. The van der Waals surface area contributed by atoms with Gasteiger partial charge in [-0.15, -0.1) is 0 Å². The van der Waals surface area contributed by atoms with E-state index in [1.807, 2.05) is 0 Å². The van der Waals surface area contributed by atoms with E-state index >= 15 is 0 Å². The maximum absolute atomic E-state index is 8.25. The van der Waals surface area contributed by atoms with Crippen LogP contribution in [0.3, 0.4) is 0 Å². The second-order valence-corrected chi connectivity index (χ2v) is 0.894. The van der Waals surface area contributed by atoms with Crippen molar-refractivity contribution in [3.63, 3.8) is 0 Å². The summed E-state index contributed by atoms with van der Waals surface area (Å²) in [5, 5.41) is 59.0. The molecule has 0 unspecified atom stereocenters. The quantitative estimate of drug-likeness (QED) is 0.280. The Labute approximate surface area is 121 Å². The molecule has 0 spiro atoms. The summed E-state index contributed by atoms with van der Waals surface area (Å²) in [5.74, 6) is 0. The maximum atomic E-state index is 8.25. The minimum Gasteiger partial charge on any atom is -0.356 e. The van der Waals surface area contributed by atoms with E-state index < -0.39 is 20.3 Å². The zero-order valence-electron chi connectivity index (χ0n) is 8.10. The van der Waals surface area contributed by atoms with Crippen molar-refractivity contribution in [1.29, 1.82) is 0 Å². The fraction of sp³-hybridized carbons (Fsp3) is 0. The van der Waals surface area contributed by atoms with Gasteiger partial charge in [-0.3, -0.25) is 0 Å². The average Bonchev–Trinajstić information content (AvgIpc) is 1.76. The molecule has 0 N–H and O–H groups in total. The summed E-state index contributed by atoms with van der Waals surface area (Å²) < 4.78 is 0. The van der Waals surface area contributed by atoms with Crippen LogP contribution in [-0.2, 0) is 39.0 Å². The van der Waals surface area contributed by atoms with Gasteiger partial charge in [0.2, 0.25) is 0 Å². The van der Waals surface area contributed by atoms with Crippen molar-refractivity contribution in [2.45, 2.75) is 0 Å². The average molecular weight is 379 g/mol. The van der Waals surface area contributed by atoms with Gasteiger partial charge in [0.25, 0.3) is 0 Å². The van der Waals surface area contributed by atoms with E-state index in [1.165, 1.54) is 0 Å². The molecule has 0 aromatic carbocycles. The van der Waals surface area contributed by atoms with Crippen molar-refractivity contribution in [1.82, 2.24) is 0 Å². The van der Waals surface area contributed by atoms with Gasteiger partial charge in [-0.05, 0) is 0 Å². The Kier molecular flexibility index (Phi) is 58.8. The third-order valence-electron chi connectivity index (χ3n) is 0. The van der Waals surface area contributed by atoms with Gasteiger partial charge in [-0.1, -0.05) is 0 Å². The molecular weight excluding hydrogens is 379 g/mol. The summed E-state index contributed by atoms with van der Waals surface area (Å²) in [7, 11) is 0. The van der Waals surface area contributed by atoms with Gasteiger partial charge < -0.3 is 61.3 Å². The molecule has 0 aliphatic heterocycles. The predicted molar refractivity (Wildman–Crippen MR) is 41.4 cm³/mol. The van der Waals surface area contributed by atoms with Crippen molar-refractivity contribution >= 4 is 0 Å². The van der Waals surface area contributed by atoms with E-state index in [2.05, 4.69) is 0 Å². The molecule has 0 aliphatic carbocycles. The van der Waals surface area contributed by atoms with E-state index in [0.29, 0.717) is 0 Å². The van der Waals surface area contributed by atoms with Crippen LogP contribution in [0, 0.1) is 61.3 Å². The van der Waals surface area contributed by atoms with Crippen LogP contribution in [0.2, 0.25) is 0 Å². The molecule has 0 aromatic rings. The molecule has 96 valence electrons. The number of rotatable bonds is 0. The van der Waals surface area contributed by atoms with Crippen LogP contribution in [0.4, 0.5) is 0 Å². The van der Waals surface area contributed by atoms with Crippen LogP contribution in [0.5, 0.6) is 0 Å². The molecule has 0 aromatic heterocycles. The van der Waals surface area contributed by atoms with Crippen molar-refractivity contribution in [3.05, 3.63) is 61.3 Å². The van der Waals surface area contributed by atoms with Crippen LogP contribution in [0.25, 0.3) is 0 Å². The SMILES string of the molecule is O=[N+]([O-])[O-].O=[N+]([O-])[O-].O=[N+]([O-])[O-].O=[N+]([O-])[O-].[Zn+2].[Zn+2]. The largest absolute Gasteiger partial charge is 2.00 e. The van der Waals surface area contributed by atoms with Crippen molar-refractivity contribution < 1.29 is 59.3 Å². The Hall–Kier alpha value is -1.95. The third kappa shape index (κ3) is 627. The summed E-state index contributed by atoms with van der Waals surface area (Å²) in [5.41, 5.74) is 0. The molecule has 0 heterocycles. The second kappa shape index (κ2) is 29.4. The first-order valence-corrected chi connectivity index (χ1v) is 2.19. The molecule has 0 radical (unpaired) electrons. The minimum atomic E-state index is -1.75. The molecule has 18 heteroatoms. The molecule has 0 rings (SSSR count). The van der Waals surface area contributed by atoms with Gasteiger partial charge in [0.05, 0.1) is 20.3 Å². The Morgan fingerprint density at radius 1 is 0.389 bits per heavy atom. The Bertz CT molecular complexity index is 162. The summed E-state index contributed by atoms with van der Waals surface area (Å²) in [6.07, 6.45) is 0. The van der Waals surface area contributed by atoms with Gasteiger partial charge in [0, 0.05) is 0 Å². The zero-order chi connectivity index (χ0) is 14.3. The number of hydrogen-bond acceptors (Lipinski definition) is 12. The maximum Gasteiger partial charge on any atom is 2.00 e. The number of hydrogen-bond donors (Lipinski definition) is 0.